The van der Waals surface area contributed by atoms with E-state index in [1.807, 2.05) is 0 Å². The first-order valence-electron chi connectivity index (χ1n) is 12.9. The van der Waals surface area contributed by atoms with Gasteiger partial charge in [-0.05, 0) is 17.7 Å². The topological polar surface area (TPSA) is 249 Å². The van der Waals surface area contributed by atoms with Crippen LogP contribution in [0.25, 0.3) is 22.1 Å². The third-order valence-corrected chi connectivity index (χ3v) is 7.20. The molecular formula is C27H30O15. The number of ether oxygens (including phenoxy) is 4. The average molecular weight is 595 g/mol. The van der Waals surface area contributed by atoms with Crippen molar-refractivity contribution < 1.29 is 69.3 Å². The van der Waals surface area contributed by atoms with Gasteiger partial charge in [-0.2, -0.15) is 0 Å². The van der Waals surface area contributed by atoms with Gasteiger partial charge in [0.15, 0.2) is 0 Å². The Hall–Kier alpha value is -3.35. The number of aromatic hydroxyl groups is 1. The molecule has 2 aromatic carbocycles. The lowest BCUT2D eigenvalue weighted by Crippen LogP contribution is -2.60. The molecule has 0 amide bonds. The molecule has 3 aromatic rings. The van der Waals surface area contributed by atoms with Crippen molar-refractivity contribution in [1.29, 1.82) is 0 Å². The van der Waals surface area contributed by atoms with Gasteiger partial charge in [-0.15, -0.1) is 0 Å². The van der Waals surface area contributed by atoms with Crippen LogP contribution in [0, 0.1) is 0 Å². The second-order valence-corrected chi connectivity index (χ2v) is 9.95. The van der Waals surface area contributed by atoms with Crippen LogP contribution in [0.3, 0.4) is 0 Å². The fourth-order valence-corrected chi connectivity index (χ4v) is 4.79. The van der Waals surface area contributed by atoms with Gasteiger partial charge in [-0.1, -0.05) is 12.1 Å². The van der Waals surface area contributed by atoms with Gasteiger partial charge in [0.25, 0.3) is 0 Å². The third-order valence-electron chi connectivity index (χ3n) is 7.20. The summed E-state index contributed by atoms with van der Waals surface area (Å²) in [6, 6.07) is 8.19. The summed E-state index contributed by atoms with van der Waals surface area (Å²) in [6.07, 6.45) is -13.8. The average Bonchev–Trinajstić information content (AvgIpc) is 2.98. The maximum absolute atomic E-state index is 13.3. The number of benzene rings is 2. The lowest BCUT2D eigenvalue weighted by atomic mass is 9.99. The minimum atomic E-state index is -1.69. The summed E-state index contributed by atoms with van der Waals surface area (Å²) in [5.74, 6) is -0.453. The third kappa shape index (κ3) is 5.55. The van der Waals surface area contributed by atoms with Gasteiger partial charge in [-0.25, -0.2) is 0 Å². The quantitative estimate of drug-likeness (QED) is 0.137. The minimum Gasteiger partial charge on any atom is -0.507 e. The summed E-state index contributed by atoms with van der Waals surface area (Å²) >= 11 is 0. The largest absolute Gasteiger partial charge is 0.507 e. The number of aliphatic hydroxyl groups is 8. The zero-order valence-corrected chi connectivity index (χ0v) is 21.7. The number of hydrogen-bond donors (Lipinski definition) is 9. The maximum Gasteiger partial charge on any atom is 0.229 e. The second-order valence-electron chi connectivity index (χ2n) is 9.95. The highest BCUT2D eigenvalue weighted by molar-refractivity contribution is 5.88. The van der Waals surface area contributed by atoms with Gasteiger partial charge in [0.2, 0.25) is 18.0 Å². The normalized spacial score (nSPS) is 33.4. The van der Waals surface area contributed by atoms with Crippen LogP contribution in [0.4, 0.5) is 0 Å². The highest BCUT2D eigenvalue weighted by Gasteiger charge is 2.45. The van der Waals surface area contributed by atoms with Crippen molar-refractivity contribution in [2.24, 2.45) is 0 Å². The number of fused-ring (bicyclic) bond motifs is 1. The van der Waals surface area contributed by atoms with Crippen molar-refractivity contribution in [3.05, 3.63) is 52.9 Å². The van der Waals surface area contributed by atoms with Gasteiger partial charge >= 0.3 is 0 Å². The highest BCUT2D eigenvalue weighted by Crippen LogP contribution is 2.33. The molecule has 9 N–H and O–H groups in total. The number of rotatable bonds is 7. The van der Waals surface area contributed by atoms with Crippen molar-refractivity contribution >= 4 is 11.0 Å². The Kier molecular flexibility index (Phi) is 8.68. The number of aliphatic hydroxyl groups excluding tert-OH is 8. The number of phenols is 1. The van der Waals surface area contributed by atoms with Crippen LogP contribution in [-0.4, -0.2) is 121 Å². The van der Waals surface area contributed by atoms with E-state index in [1.54, 1.807) is 0 Å². The van der Waals surface area contributed by atoms with E-state index < -0.39 is 85.8 Å². The molecule has 10 atom stereocenters. The van der Waals surface area contributed by atoms with E-state index in [0.717, 1.165) is 12.3 Å². The molecule has 2 saturated heterocycles. The maximum atomic E-state index is 13.3. The Balaban J connectivity index is 1.35. The predicted octanol–water partition coefficient (Wildman–Crippen LogP) is -2.48. The first kappa shape index (κ1) is 30.1. The molecule has 0 radical (unpaired) electrons. The van der Waals surface area contributed by atoms with Crippen LogP contribution < -0.4 is 14.9 Å². The minimum absolute atomic E-state index is 0.0693. The second kappa shape index (κ2) is 12.1. The van der Waals surface area contributed by atoms with Crippen molar-refractivity contribution in [1.82, 2.24) is 0 Å². The highest BCUT2D eigenvalue weighted by atomic mass is 16.7. The van der Waals surface area contributed by atoms with Gasteiger partial charge < -0.3 is 69.3 Å². The molecule has 0 saturated carbocycles. The monoisotopic (exact) mass is 594 g/mol. The van der Waals surface area contributed by atoms with E-state index >= 15 is 0 Å². The van der Waals surface area contributed by atoms with E-state index in [0.29, 0.717) is 5.56 Å². The van der Waals surface area contributed by atoms with Crippen molar-refractivity contribution in [3.8, 4) is 28.4 Å². The summed E-state index contributed by atoms with van der Waals surface area (Å²) in [5.41, 5.74) is -0.241. The molecule has 0 unspecified atom stereocenters. The molecule has 3 heterocycles. The molecule has 228 valence electrons. The Morgan fingerprint density at radius 2 is 1.21 bits per heavy atom. The molecule has 0 bridgehead atoms. The van der Waals surface area contributed by atoms with E-state index in [1.165, 1.54) is 30.3 Å². The predicted molar refractivity (Wildman–Crippen MR) is 138 cm³/mol. The number of hydrogen-bond acceptors (Lipinski definition) is 15. The molecule has 2 fully saturated rings. The molecule has 15 nitrogen and oxygen atoms in total. The zero-order chi connectivity index (χ0) is 30.3. The summed E-state index contributed by atoms with van der Waals surface area (Å²) in [4.78, 5) is 13.3. The van der Waals surface area contributed by atoms with Crippen LogP contribution in [0.15, 0.2) is 51.9 Å². The first-order valence-corrected chi connectivity index (χ1v) is 12.9. The van der Waals surface area contributed by atoms with E-state index in [-0.39, 0.29) is 28.0 Å². The zero-order valence-electron chi connectivity index (χ0n) is 21.7. The summed E-state index contributed by atoms with van der Waals surface area (Å²) < 4.78 is 27.3. The van der Waals surface area contributed by atoms with E-state index in [9.17, 15) is 50.8 Å². The molecule has 15 heteroatoms. The summed E-state index contributed by atoms with van der Waals surface area (Å²) in [7, 11) is 0. The smallest absolute Gasteiger partial charge is 0.229 e. The fraction of sp³-hybridized carbons (Fsp3) is 0.444. The van der Waals surface area contributed by atoms with Crippen molar-refractivity contribution in [2.45, 2.75) is 61.4 Å². The number of phenolic OH excluding ortho intramolecular Hbond substituents is 1. The van der Waals surface area contributed by atoms with Gasteiger partial charge in [-0.3, -0.25) is 4.79 Å². The Morgan fingerprint density at radius 3 is 1.74 bits per heavy atom. The lowest BCUT2D eigenvalue weighted by Gasteiger charge is -2.39. The summed E-state index contributed by atoms with van der Waals surface area (Å²) in [5, 5.41) is 89.2. The van der Waals surface area contributed by atoms with Gasteiger partial charge in [0.1, 0.15) is 83.3 Å². The van der Waals surface area contributed by atoms with Crippen LogP contribution in [-0.2, 0) is 9.47 Å². The molecule has 2 aliphatic rings. The van der Waals surface area contributed by atoms with Crippen LogP contribution >= 0.6 is 0 Å². The van der Waals surface area contributed by atoms with Crippen LogP contribution in [0.5, 0.6) is 17.2 Å². The standard InChI is InChI=1S/C27H30O15/c28-7-16-20(32)22(34)24(36)26(41-16)39-11-3-1-10(2-4-11)13-9-38-15-6-12(5-14(30)18(15)19(13)31)40-27-25(37)23(35)21(33)17(8-29)42-27/h1-6,9,16-17,20-30,32-37H,7-8H2/t16-,17+,20-,21-,22+,23+,24-,25-,26-,27-/m1/s1. The van der Waals surface area contributed by atoms with E-state index in [2.05, 4.69) is 0 Å². The van der Waals surface area contributed by atoms with Gasteiger partial charge in [0.05, 0.1) is 18.8 Å². The van der Waals surface area contributed by atoms with E-state index in [4.69, 9.17) is 23.4 Å². The van der Waals surface area contributed by atoms with Crippen LogP contribution in [0.1, 0.15) is 0 Å². The Labute approximate surface area is 236 Å². The van der Waals surface area contributed by atoms with Crippen molar-refractivity contribution in [2.75, 3.05) is 13.2 Å². The Morgan fingerprint density at radius 1 is 0.690 bits per heavy atom. The molecule has 0 spiro atoms. The first-order chi connectivity index (χ1) is 20.0. The lowest BCUT2D eigenvalue weighted by molar-refractivity contribution is -0.277. The summed E-state index contributed by atoms with van der Waals surface area (Å²) in [6.45, 7) is -1.28. The molecule has 0 aliphatic carbocycles. The molecular weight excluding hydrogens is 564 g/mol. The van der Waals surface area contributed by atoms with Crippen LogP contribution in [0.2, 0.25) is 0 Å². The molecule has 5 rings (SSSR count). The SMILES string of the molecule is O=c1c(-c2ccc(O[C@@H]3O[C@H](CO)[C@@H](O)[C@H](O)[C@H]3O)cc2)coc2cc(O[C@@H]3O[C@@H](CO)[C@@H](O)[C@H](O)[C@H]3O)cc(O)c12. The van der Waals surface area contributed by atoms with Crippen molar-refractivity contribution in [3.63, 3.8) is 0 Å². The fourth-order valence-electron chi connectivity index (χ4n) is 4.79. The van der Waals surface area contributed by atoms with Gasteiger partial charge in [0, 0.05) is 12.1 Å². The molecule has 1 aromatic heterocycles. The molecule has 2 aliphatic heterocycles. The molecule has 42 heavy (non-hydrogen) atoms. The Bertz CT molecular complexity index is 1440.